The SMILES string of the molecule is Fc1ccc(C(c2ccccc2)n2ccnc2)cc1. The summed E-state index contributed by atoms with van der Waals surface area (Å²) >= 11 is 0. The maximum atomic E-state index is 13.1. The lowest BCUT2D eigenvalue weighted by Crippen LogP contribution is -2.10. The van der Waals surface area contributed by atoms with Crippen LogP contribution in [0.1, 0.15) is 17.2 Å². The molecule has 1 unspecified atom stereocenters. The summed E-state index contributed by atoms with van der Waals surface area (Å²) in [5.41, 5.74) is 2.18. The summed E-state index contributed by atoms with van der Waals surface area (Å²) in [5.74, 6) is -0.221. The Hall–Kier alpha value is -2.42. The molecule has 0 fully saturated rings. The van der Waals surface area contributed by atoms with Gasteiger partial charge in [0.1, 0.15) is 5.82 Å². The van der Waals surface area contributed by atoms with Gasteiger partial charge in [-0.15, -0.1) is 0 Å². The molecule has 0 saturated carbocycles. The molecule has 0 aliphatic rings. The Morgan fingerprint density at radius 3 is 2.21 bits per heavy atom. The molecule has 94 valence electrons. The van der Waals surface area contributed by atoms with E-state index in [9.17, 15) is 4.39 Å². The average Bonchev–Trinajstić information content (AvgIpc) is 2.96. The second kappa shape index (κ2) is 5.06. The molecule has 0 N–H and O–H groups in total. The second-order valence-electron chi connectivity index (χ2n) is 4.37. The van der Waals surface area contributed by atoms with Gasteiger partial charge in [0.2, 0.25) is 0 Å². The van der Waals surface area contributed by atoms with Crippen LogP contribution in [0.25, 0.3) is 0 Å². The highest BCUT2D eigenvalue weighted by Crippen LogP contribution is 2.26. The number of hydrogen-bond donors (Lipinski definition) is 0. The van der Waals surface area contributed by atoms with Gasteiger partial charge in [-0.2, -0.15) is 0 Å². The lowest BCUT2D eigenvalue weighted by atomic mass is 9.98. The minimum Gasteiger partial charge on any atom is -0.326 e. The standard InChI is InChI=1S/C16H13FN2/c17-15-8-6-14(7-9-15)16(19-11-10-18-12-19)13-4-2-1-3-5-13/h1-12,16H. The Kier molecular flexibility index (Phi) is 3.11. The molecule has 0 radical (unpaired) electrons. The van der Waals surface area contributed by atoms with Crippen molar-refractivity contribution in [1.82, 2.24) is 9.55 Å². The van der Waals surface area contributed by atoms with Crippen molar-refractivity contribution in [3.8, 4) is 0 Å². The number of hydrogen-bond acceptors (Lipinski definition) is 1. The minimum atomic E-state index is -0.221. The first kappa shape index (κ1) is 11.7. The van der Waals surface area contributed by atoms with Crippen molar-refractivity contribution in [2.75, 3.05) is 0 Å². The molecule has 3 aromatic rings. The topological polar surface area (TPSA) is 17.8 Å². The van der Waals surface area contributed by atoms with Crippen molar-refractivity contribution in [3.05, 3.63) is 90.3 Å². The van der Waals surface area contributed by atoms with E-state index in [1.807, 2.05) is 41.1 Å². The number of halogens is 1. The lowest BCUT2D eigenvalue weighted by molar-refractivity contribution is 0.622. The van der Waals surface area contributed by atoms with E-state index in [1.54, 1.807) is 12.5 Å². The van der Waals surface area contributed by atoms with Gasteiger partial charge >= 0.3 is 0 Å². The van der Waals surface area contributed by atoms with Gasteiger partial charge in [-0.05, 0) is 23.3 Å². The summed E-state index contributed by atoms with van der Waals surface area (Å²) in [7, 11) is 0. The third-order valence-electron chi connectivity index (χ3n) is 3.12. The molecule has 0 saturated heterocycles. The summed E-state index contributed by atoms with van der Waals surface area (Å²) in [4.78, 5) is 4.10. The van der Waals surface area contributed by atoms with Crippen molar-refractivity contribution in [3.63, 3.8) is 0 Å². The van der Waals surface area contributed by atoms with Crippen LogP contribution in [0.3, 0.4) is 0 Å². The number of imidazole rings is 1. The van der Waals surface area contributed by atoms with Crippen LogP contribution in [0, 0.1) is 5.82 Å². The van der Waals surface area contributed by atoms with Crippen LogP contribution in [0.5, 0.6) is 0 Å². The van der Waals surface area contributed by atoms with Gasteiger partial charge in [-0.3, -0.25) is 0 Å². The van der Waals surface area contributed by atoms with Crippen molar-refractivity contribution in [2.45, 2.75) is 6.04 Å². The maximum absolute atomic E-state index is 13.1. The quantitative estimate of drug-likeness (QED) is 0.695. The molecule has 1 heterocycles. The Morgan fingerprint density at radius 2 is 1.58 bits per heavy atom. The molecule has 1 aromatic heterocycles. The van der Waals surface area contributed by atoms with Gasteiger partial charge in [0, 0.05) is 12.4 Å². The molecule has 0 bridgehead atoms. The molecule has 2 aromatic carbocycles. The molecule has 2 nitrogen and oxygen atoms in total. The molecule has 0 spiro atoms. The second-order valence-corrected chi connectivity index (χ2v) is 4.37. The average molecular weight is 252 g/mol. The normalized spacial score (nSPS) is 12.3. The maximum Gasteiger partial charge on any atom is 0.123 e. The molecule has 1 atom stereocenters. The first-order valence-electron chi connectivity index (χ1n) is 6.12. The van der Waals surface area contributed by atoms with E-state index in [1.165, 1.54) is 12.1 Å². The van der Waals surface area contributed by atoms with Gasteiger partial charge < -0.3 is 4.57 Å². The van der Waals surface area contributed by atoms with E-state index in [-0.39, 0.29) is 11.9 Å². The van der Waals surface area contributed by atoms with Crippen LogP contribution in [0.2, 0.25) is 0 Å². The van der Waals surface area contributed by atoms with Gasteiger partial charge in [0.15, 0.2) is 0 Å². The fraction of sp³-hybridized carbons (Fsp3) is 0.0625. The van der Waals surface area contributed by atoms with E-state index >= 15 is 0 Å². The predicted molar refractivity (Wildman–Crippen MR) is 72.3 cm³/mol. The molecular formula is C16H13FN2. The Bertz CT molecular complexity index is 630. The Morgan fingerprint density at radius 1 is 0.895 bits per heavy atom. The van der Waals surface area contributed by atoms with E-state index < -0.39 is 0 Å². The van der Waals surface area contributed by atoms with Gasteiger partial charge in [0.05, 0.1) is 12.4 Å². The van der Waals surface area contributed by atoms with Crippen molar-refractivity contribution in [1.29, 1.82) is 0 Å². The fourth-order valence-electron chi connectivity index (χ4n) is 2.24. The Balaban J connectivity index is 2.10. The zero-order valence-corrected chi connectivity index (χ0v) is 10.3. The lowest BCUT2D eigenvalue weighted by Gasteiger charge is -2.19. The third-order valence-corrected chi connectivity index (χ3v) is 3.12. The molecule has 19 heavy (non-hydrogen) atoms. The summed E-state index contributed by atoms with van der Waals surface area (Å²) in [6, 6.07) is 16.7. The monoisotopic (exact) mass is 252 g/mol. The predicted octanol–water partition coefficient (Wildman–Crippen LogP) is 3.66. The smallest absolute Gasteiger partial charge is 0.123 e. The molecule has 0 amide bonds. The van der Waals surface area contributed by atoms with Crippen LogP contribution in [0.4, 0.5) is 4.39 Å². The highest BCUT2D eigenvalue weighted by molar-refractivity contribution is 5.32. The van der Waals surface area contributed by atoms with Crippen LogP contribution < -0.4 is 0 Å². The number of aromatic nitrogens is 2. The number of benzene rings is 2. The minimum absolute atomic E-state index is 0.0179. The highest BCUT2D eigenvalue weighted by atomic mass is 19.1. The molecule has 3 heteroatoms. The van der Waals surface area contributed by atoms with Crippen molar-refractivity contribution >= 4 is 0 Å². The van der Waals surface area contributed by atoms with Gasteiger partial charge in [0.25, 0.3) is 0 Å². The van der Waals surface area contributed by atoms with E-state index in [4.69, 9.17) is 0 Å². The molecular weight excluding hydrogens is 239 g/mol. The van der Waals surface area contributed by atoms with E-state index in [0.29, 0.717) is 0 Å². The van der Waals surface area contributed by atoms with Crippen LogP contribution in [-0.2, 0) is 0 Å². The van der Waals surface area contributed by atoms with Crippen molar-refractivity contribution < 1.29 is 4.39 Å². The number of nitrogens with zero attached hydrogens (tertiary/aromatic N) is 2. The summed E-state index contributed by atoms with van der Waals surface area (Å²) in [6.07, 6.45) is 5.45. The summed E-state index contributed by atoms with van der Waals surface area (Å²) in [5, 5.41) is 0. The third kappa shape index (κ3) is 2.40. The summed E-state index contributed by atoms with van der Waals surface area (Å²) < 4.78 is 15.1. The first-order valence-corrected chi connectivity index (χ1v) is 6.12. The fourth-order valence-corrected chi connectivity index (χ4v) is 2.24. The van der Waals surface area contributed by atoms with Gasteiger partial charge in [-0.1, -0.05) is 42.5 Å². The van der Waals surface area contributed by atoms with Crippen LogP contribution in [0.15, 0.2) is 73.3 Å². The highest BCUT2D eigenvalue weighted by Gasteiger charge is 2.15. The van der Waals surface area contributed by atoms with E-state index in [0.717, 1.165) is 11.1 Å². The summed E-state index contributed by atoms with van der Waals surface area (Å²) in [6.45, 7) is 0. The van der Waals surface area contributed by atoms with E-state index in [2.05, 4.69) is 17.1 Å². The zero-order chi connectivity index (χ0) is 13.1. The molecule has 3 rings (SSSR count). The zero-order valence-electron chi connectivity index (χ0n) is 10.3. The van der Waals surface area contributed by atoms with Gasteiger partial charge in [-0.25, -0.2) is 9.37 Å². The van der Waals surface area contributed by atoms with Crippen LogP contribution in [-0.4, -0.2) is 9.55 Å². The number of rotatable bonds is 3. The first-order chi connectivity index (χ1) is 9.34. The molecule has 0 aliphatic carbocycles. The Labute approximate surface area is 111 Å². The molecule has 0 aliphatic heterocycles. The largest absolute Gasteiger partial charge is 0.326 e. The van der Waals surface area contributed by atoms with Crippen LogP contribution >= 0.6 is 0 Å². The van der Waals surface area contributed by atoms with Crippen molar-refractivity contribution in [2.24, 2.45) is 0 Å².